The molecule has 0 atom stereocenters. The molecule has 2 rings (SSSR count). The van der Waals surface area contributed by atoms with Crippen molar-refractivity contribution in [2.24, 2.45) is 0 Å². The topological polar surface area (TPSA) is 91.9 Å². The second kappa shape index (κ2) is 5.26. The molecule has 6 heteroatoms. The average molecular weight is 257 g/mol. The van der Waals surface area contributed by atoms with Crippen LogP contribution in [0.15, 0.2) is 41.2 Å². The van der Waals surface area contributed by atoms with Crippen molar-refractivity contribution in [3.63, 3.8) is 0 Å². The van der Waals surface area contributed by atoms with Gasteiger partial charge in [0.25, 0.3) is 11.5 Å². The van der Waals surface area contributed by atoms with Crippen LogP contribution in [0.2, 0.25) is 0 Å². The van der Waals surface area contributed by atoms with Crippen LogP contribution in [0.3, 0.4) is 0 Å². The Morgan fingerprint density at radius 1 is 1.16 bits per heavy atom. The van der Waals surface area contributed by atoms with Crippen molar-refractivity contribution in [3.05, 3.63) is 58.0 Å². The van der Waals surface area contributed by atoms with Gasteiger partial charge in [-0.1, -0.05) is 12.1 Å². The number of nitrogens with zero attached hydrogens (tertiary/aromatic N) is 1. The number of H-pyrrole nitrogens is 1. The van der Waals surface area contributed by atoms with Gasteiger partial charge in [0.05, 0.1) is 5.69 Å². The van der Waals surface area contributed by atoms with Gasteiger partial charge in [0.2, 0.25) is 0 Å². The largest absolute Gasteiger partial charge is 0.320 e. The monoisotopic (exact) mass is 257 g/mol. The zero-order valence-corrected chi connectivity index (χ0v) is 10.1. The van der Waals surface area contributed by atoms with E-state index in [-0.39, 0.29) is 17.0 Å². The Labute approximate surface area is 108 Å². The summed E-state index contributed by atoms with van der Waals surface area (Å²) < 4.78 is 0. The first-order valence-corrected chi connectivity index (χ1v) is 5.55. The Kier molecular flexibility index (Phi) is 3.51. The van der Waals surface area contributed by atoms with Gasteiger partial charge >= 0.3 is 0 Å². The van der Waals surface area contributed by atoms with Crippen molar-refractivity contribution in [1.29, 1.82) is 0 Å². The molecule has 0 aliphatic heterocycles. The molecule has 0 saturated heterocycles. The number of para-hydroxylation sites is 1. The maximum absolute atomic E-state index is 11.9. The summed E-state index contributed by atoms with van der Waals surface area (Å²) in [5.74, 6) is -0.643. The minimum absolute atomic E-state index is 0.0676. The normalized spacial score (nSPS) is 9.95. The lowest BCUT2D eigenvalue weighted by Gasteiger charge is -2.08. The quantitative estimate of drug-likeness (QED) is 0.809. The fourth-order valence-corrected chi connectivity index (χ4v) is 1.56. The fraction of sp³-hybridized carbons (Fsp3) is 0.0769. The fourth-order valence-electron chi connectivity index (χ4n) is 1.56. The molecule has 0 unspecified atom stereocenters. The molecule has 2 aromatic rings. The number of anilines is 1. The van der Waals surface area contributed by atoms with Crippen molar-refractivity contribution >= 4 is 17.4 Å². The Morgan fingerprint density at radius 3 is 2.53 bits per heavy atom. The van der Waals surface area contributed by atoms with Gasteiger partial charge in [-0.15, -0.1) is 0 Å². The summed E-state index contributed by atoms with van der Waals surface area (Å²) >= 11 is 0. The summed E-state index contributed by atoms with van der Waals surface area (Å²) in [6.45, 7) is 1.42. The van der Waals surface area contributed by atoms with Gasteiger partial charge in [-0.25, -0.2) is 5.10 Å². The molecule has 6 nitrogen and oxygen atoms in total. The van der Waals surface area contributed by atoms with Crippen LogP contribution in [0.1, 0.15) is 27.8 Å². The highest BCUT2D eigenvalue weighted by Crippen LogP contribution is 2.16. The summed E-state index contributed by atoms with van der Waals surface area (Å²) in [7, 11) is 0. The molecule has 0 saturated carbocycles. The molecule has 0 bridgehead atoms. The van der Waals surface area contributed by atoms with Crippen LogP contribution in [-0.4, -0.2) is 21.9 Å². The second-order valence-corrected chi connectivity index (χ2v) is 3.86. The number of Topliss-reactive ketones (excluding diaryl/α,β-unsaturated/α-hetero) is 1. The number of aromatic nitrogens is 2. The van der Waals surface area contributed by atoms with Crippen molar-refractivity contribution in [3.8, 4) is 0 Å². The first-order valence-electron chi connectivity index (χ1n) is 5.55. The average Bonchev–Trinajstić information content (AvgIpc) is 2.39. The third-order valence-electron chi connectivity index (χ3n) is 2.47. The van der Waals surface area contributed by atoms with Crippen LogP contribution in [-0.2, 0) is 0 Å². The predicted molar refractivity (Wildman–Crippen MR) is 69.3 cm³/mol. The van der Waals surface area contributed by atoms with E-state index in [0.29, 0.717) is 11.3 Å². The molecular formula is C13H11N3O3. The molecule has 0 fully saturated rings. The van der Waals surface area contributed by atoms with E-state index in [9.17, 15) is 14.4 Å². The maximum Gasteiger partial charge on any atom is 0.276 e. The lowest BCUT2D eigenvalue weighted by atomic mass is 10.1. The number of nitrogens with one attached hydrogen (secondary N) is 2. The lowest BCUT2D eigenvalue weighted by molar-refractivity contribution is 0.101. The van der Waals surface area contributed by atoms with Crippen molar-refractivity contribution < 1.29 is 9.59 Å². The van der Waals surface area contributed by atoms with E-state index in [2.05, 4.69) is 15.5 Å². The van der Waals surface area contributed by atoms with Gasteiger partial charge in [0, 0.05) is 11.6 Å². The molecule has 1 aromatic carbocycles. The van der Waals surface area contributed by atoms with Gasteiger partial charge in [0.1, 0.15) is 5.69 Å². The van der Waals surface area contributed by atoms with Gasteiger partial charge < -0.3 is 5.32 Å². The number of rotatable bonds is 3. The van der Waals surface area contributed by atoms with E-state index < -0.39 is 5.91 Å². The molecule has 0 aliphatic carbocycles. The highest BCUT2D eigenvalue weighted by Gasteiger charge is 2.12. The molecule has 2 N–H and O–H groups in total. The number of benzene rings is 1. The van der Waals surface area contributed by atoms with Gasteiger partial charge in [-0.3, -0.25) is 14.4 Å². The summed E-state index contributed by atoms with van der Waals surface area (Å²) in [6, 6.07) is 9.19. The van der Waals surface area contributed by atoms with E-state index in [1.165, 1.54) is 19.1 Å². The number of amides is 1. The highest BCUT2D eigenvalue weighted by atomic mass is 16.2. The van der Waals surface area contributed by atoms with Gasteiger partial charge in [-0.05, 0) is 25.1 Å². The molecular weight excluding hydrogens is 246 g/mol. The minimum Gasteiger partial charge on any atom is -0.320 e. The lowest BCUT2D eigenvalue weighted by Crippen LogP contribution is -2.18. The van der Waals surface area contributed by atoms with Crippen LogP contribution in [0.4, 0.5) is 5.69 Å². The van der Waals surface area contributed by atoms with Crippen molar-refractivity contribution in [2.45, 2.75) is 6.92 Å². The predicted octanol–water partition coefficient (Wildman–Crippen LogP) is 1.22. The Balaban J connectivity index is 2.26. The first kappa shape index (κ1) is 12.7. The van der Waals surface area contributed by atoms with E-state index >= 15 is 0 Å². The smallest absolute Gasteiger partial charge is 0.276 e. The zero-order chi connectivity index (χ0) is 13.8. The number of carbonyl (C=O) groups excluding carboxylic acids is 2. The Bertz CT molecular complexity index is 671. The number of hydrogen-bond donors (Lipinski definition) is 2. The third-order valence-corrected chi connectivity index (χ3v) is 2.47. The van der Waals surface area contributed by atoms with Gasteiger partial charge in [-0.2, -0.15) is 5.10 Å². The van der Waals surface area contributed by atoms with Crippen molar-refractivity contribution in [2.75, 3.05) is 5.32 Å². The Hall–Kier alpha value is -2.76. The minimum atomic E-state index is -0.495. The SMILES string of the molecule is CC(=O)c1ccccc1NC(=O)c1ccc(=O)[nH]n1. The molecule has 0 aliphatic rings. The molecule has 1 aromatic heterocycles. The van der Waals surface area contributed by atoms with Crippen molar-refractivity contribution in [1.82, 2.24) is 10.2 Å². The van der Waals surface area contributed by atoms with E-state index in [1.54, 1.807) is 24.3 Å². The number of aromatic amines is 1. The molecule has 0 spiro atoms. The molecule has 19 heavy (non-hydrogen) atoms. The second-order valence-electron chi connectivity index (χ2n) is 3.86. The summed E-state index contributed by atoms with van der Waals surface area (Å²) in [5.41, 5.74) is 0.506. The zero-order valence-electron chi connectivity index (χ0n) is 10.1. The summed E-state index contributed by atoms with van der Waals surface area (Å²) in [6.07, 6.45) is 0. The number of ketones is 1. The number of carbonyl (C=O) groups is 2. The van der Waals surface area contributed by atoms with Gasteiger partial charge in [0.15, 0.2) is 5.78 Å². The molecule has 0 radical (unpaired) electrons. The molecule has 96 valence electrons. The first-order chi connectivity index (χ1) is 9.08. The van der Waals surface area contributed by atoms with E-state index in [0.717, 1.165) is 0 Å². The van der Waals surface area contributed by atoms with Crippen LogP contribution >= 0.6 is 0 Å². The van der Waals surface area contributed by atoms with Crippen LogP contribution in [0, 0.1) is 0 Å². The van der Waals surface area contributed by atoms with E-state index in [4.69, 9.17) is 0 Å². The van der Waals surface area contributed by atoms with Crippen LogP contribution in [0.25, 0.3) is 0 Å². The highest BCUT2D eigenvalue weighted by molar-refractivity contribution is 6.08. The van der Waals surface area contributed by atoms with Crippen LogP contribution < -0.4 is 10.9 Å². The standard InChI is InChI=1S/C13H11N3O3/c1-8(17)9-4-2-3-5-10(9)14-13(19)11-6-7-12(18)16-15-11/h2-7H,1H3,(H,14,19)(H,16,18). The maximum atomic E-state index is 11.9. The summed E-state index contributed by atoms with van der Waals surface area (Å²) in [5, 5.41) is 8.37. The molecule has 1 amide bonds. The van der Waals surface area contributed by atoms with E-state index in [1.807, 2.05) is 0 Å². The van der Waals surface area contributed by atoms with Crippen LogP contribution in [0.5, 0.6) is 0 Å². The Morgan fingerprint density at radius 2 is 1.89 bits per heavy atom. The third kappa shape index (κ3) is 2.92. The summed E-state index contributed by atoms with van der Waals surface area (Å²) in [4.78, 5) is 34.2. The number of hydrogen-bond acceptors (Lipinski definition) is 4. The molecule has 1 heterocycles.